The summed E-state index contributed by atoms with van der Waals surface area (Å²) in [5, 5.41) is 9.51. The van der Waals surface area contributed by atoms with Gasteiger partial charge in [-0.15, -0.1) is 0 Å². The Balaban J connectivity index is 1.74. The van der Waals surface area contributed by atoms with Crippen molar-refractivity contribution in [1.82, 2.24) is 0 Å². The van der Waals surface area contributed by atoms with E-state index >= 15 is 0 Å². The van der Waals surface area contributed by atoms with Crippen LogP contribution in [0.1, 0.15) is 37.2 Å². The van der Waals surface area contributed by atoms with E-state index in [0.717, 1.165) is 11.8 Å². The molecule has 15 heavy (non-hydrogen) atoms. The molecule has 2 fully saturated rings. The summed E-state index contributed by atoms with van der Waals surface area (Å²) in [6.45, 7) is 0.404. The van der Waals surface area contributed by atoms with Gasteiger partial charge in [0.25, 0.3) is 0 Å². The van der Waals surface area contributed by atoms with E-state index in [-0.39, 0.29) is 0 Å². The van der Waals surface area contributed by atoms with E-state index in [1.807, 2.05) is 0 Å². The second kappa shape index (κ2) is 3.34. The summed E-state index contributed by atoms with van der Waals surface area (Å²) >= 11 is 0. The molecule has 2 saturated carbocycles. The molecule has 0 bridgehead atoms. The zero-order valence-electron chi connectivity index (χ0n) is 9.02. The van der Waals surface area contributed by atoms with Crippen LogP contribution in [0.15, 0.2) is 30.3 Å². The fraction of sp³-hybridized carbons (Fsp3) is 0.571. The molecule has 0 aromatic heterocycles. The van der Waals surface area contributed by atoms with Gasteiger partial charge in [0.2, 0.25) is 0 Å². The van der Waals surface area contributed by atoms with Gasteiger partial charge in [0.1, 0.15) is 0 Å². The maximum atomic E-state index is 9.51. The average Bonchev–Trinajstić information content (AvgIpc) is 2.99. The molecule has 0 radical (unpaired) electrons. The molecule has 0 spiro atoms. The minimum Gasteiger partial charge on any atom is -0.396 e. The summed E-state index contributed by atoms with van der Waals surface area (Å²) in [7, 11) is 0. The van der Waals surface area contributed by atoms with Crippen LogP contribution < -0.4 is 0 Å². The lowest BCUT2D eigenvalue weighted by atomic mass is 9.65. The minimum atomic E-state index is 0.306. The lowest BCUT2D eigenvalue weighted by Crippen LogP contribution is -2.35. The minimum absolute atomic E-state index is 0.306. The number of aliphatic hydroxyl groups is 1. The van der Waals surface area contributed by atoms with Crippen molar-refractivity contribution in [2.75, 3.05) is 6.61 Å². The molecular weight excluding hydrogens is 184 g/mol. The van der Waals surface area contributed by atoms with Crippen LogP contribution in [0, 0.1) is 11.3 Å². The quantitative estimate of drug-likeness (QED) is 0.799. The molecule has 2 aliphatic carbocycles. The van der Waals surface area contributed by atoms with Crippen molar-refractivity contribution in [1.29, 1.82) is 0 Å². The third-order valence-electron chi connectivity index (χ3n) is 4.47. The number of rotatable bonds is 3. The predicted octanol–water partition coefficient (Wildman–Crippen LogP) is 2.95. The van der Waals surface area contributed by atoms with Gasteiger partial charge in [0, 0.05) is 6.61 Å². The SMILES string of the molecule is OCC1(C2CC2c2ccccc2)CCC1. The van der Waals surface area contributed by atoms with Crippen molar-refractivity contribution in [3.63, 3.8) is 0 Å². The van der Waals surface area contributed by atoms with Gasteiger partial charge in [-0.25, -0.2) is 0 Å². The molecule has 1 N–H and O–H groups in total. The first kappa shape index (κ1) is 9.41. The largest absolute Gasteiger partial charge is 0.396 e. The van der Waals surface area contributed by atoms with Gasteiger partial charge >= 0.3 is 0 Å². The molecule has 2 atom stereocenters. The third kappa shape index (κ3) is 1.41. The van der Waals surface area contributed by atoms with Crippen LogP contribution in [-0.2, 0) is 0 Å². The van der Waals surface area contributed by atoms with E-state index in [1.54, 1.807) is 0 Å². The van der Waals surface area contributed by atoms with Gasteiger partial charge in [-0.1, -0.05) is 36.8 Å². The second-order valence-electron chi connectivity index (χ2n) is 5.23. The Morgan fingerprint density at radius 2 is 1.93 bits per heavy atom. The zero-order chi connectivity index (χ0) is 10.3. The lowest BCUT2D eigenvalue weighted by molar-refractivity contribution is 0.0207. The van der Waals surface area contributed by atoms with Gasteiger partial charge in [0.15, 0.2) is 0 Å². The number of benzene rings is 1. The Labute approximate surface area is 91.1 Å². The van der Waals surface area contributed by atoms with Crippen LogP contribution in [0.2, 0.25) is 0 Å². The van der Waals surface area contributed by atoms with E-state index in [0.29, 0.717) is 12.0 Å². The third-order valence-corrected chi connectivity index (χ3v) is 4.47. The molecule has 0 aliphatic heterocycles. The molecule has 2 aliphatic rings. The van der Waals surface area contributed by atoms with E-state index in [4.69, 9.17) is 0 Å². The number of hydrogen-bond acceptors (Lipinski definition) is 1. The highest BCUT2D eigenvalue weighted by molar-refractivity contribution is 5.27. The Hall–Kier alpha value is -0.820. The van der Waals surface area contributed by atoms with Crippen molar-refractivity contribution in [3.8, 4) is 0 Å². The maximum absolute atomic E-state index is 9.51. The second-order valence-corrected chi connectivity index (χ2v) is 5.23. The summed E-state index contributed by atoms with van der Waals surface area (Å²) in [6, 6.07) is 10.8. The molecule has 1 aromatic rings. The normalized spacial score (nSPS) is 32.1. The molecule has 0 saturated heterocycles. The highest BCUT2D eigenvalue weighted by Gasteiger charge is 2.55. The van der Waals surface area contributed by atoms with Crippen molar-refractivity contribution >= 4 is 0 Å². The van der Waals surface area contributed by atoms with Gasteiger partial charge < -0.3 is 5.11 Å². The Morgan fingerprint density at radius 3 is 2.47 bits per heavy atom. The monoisotopic (exact) mass is 202 g/mol. The van der Waals surface area contributed by atoms with E-state index in [9.17, 15) is 5.11 Å². The van der Waals surface area contributed by atoms with Crippen LogP contribution in [0.3, 0.4) is 0 Å². The molecule has 0 heterocycles. The summed E-state index contributed by atoms with van der Waals surface area (Å²) in [5.41, 5.74) is 1.78. The smallest absolute Gasteiger partial charge is 0.0490 e. The number of aliphatic hydroxyl groups excluding tert-OH is 1. The van der Waals surface area contributed by atoms with Crippen LogP contribution in [0.4, 0.5) is 0 Å². The van der Waals surface area contributed by atoms with Gasteiger partial charge in [-0.05, 0) is 42.1 Å². The van der Waals surface area contributed by atoms with Crippen LogP contribution in [-0.4, -0.2) is 11.7 Å². The average molecular weight is 202 g/mol. The maximum Gasteiger partial charge on any atom is 0.0490 e. The molecular formula is C14H18O. The first-order chi connectivity index (χ1) is 7.36. The van der Waals surface area contributed by atoms with Crippen molar-refractivity contribution < 1.29 is 5.11 Å². The predicted molar refractivity (Wildman–Crippen MR) is 60.7 cm³/mol. The first-order valence-electron chi connectivity index (χ1n) is 6.01. The number of hydrogen-bond donors (Lipinski definition) is 1. The standard InChI is InChI=1S/C14H18O/c15-10-14(7-4-8-14)13-9-12(13)11-5-2-1-3-6-11/h1-3,5-6,12-13,15H,4,7-10H2. The van der Waals surface area contributed by atoms with Crippen LogP contribution in [0.25, 0.3) is 0 Å². The van der Waals surface area contributed by atoms with E-state index in [1.165, 1.54) is 31.2 Å². The fourth-order valence-corrected chi connectivity index (χ4v) is 3.22. The molecule has 1 nitrogen and oxygen atoms in total. The Bertz CT molecular complexity index is 334. The first-order valence-corrected chi connectivity index (χ1v) is 6.01. The van der Waals surface area contributed by atoms with Gasteiger partial charge in [-0.2, -0.15) is 0 Å². The molecule has 1 aromatic carbocycles. The molecule has 1 heteroatoms. The summed E-state index contributed by atoms with van der Waals surface area (Å²) in [6.07, 6.45) is 5.11. The zero-order valence-corrected chi connectivity index (χ0v) is 9.02. The van der Waals surface area contributed by atoms with Crippen molar-refractivity contribution in [2.45, 2.75) is 31.6 Å². The lowest BCUT2D eigenvalue weighted by Gasteiger charge is -2.41. The summed E-state index contributed by atoms with van der Waals surface area (Å²) < 4.78 is 0. The van der Waals surface area contributed by atoms with Crippen LogP contribution >= 0.6 is 0 Å². The molecule has 3 rings (SSSR count). The van der Waals surface area contributed by atoms with Gasteiger partial charge in [0.05, 0.1) is 0 Å². The highest BCUT2D eigenvalue weighted by atomic mass is 16.3. The molecule has 2 unspecified atom stereocenters. The molecule has 0 amide bonds. The molecule has 80 valence electrons. The summed E-state index contributed by atoms with van der Waals surface area (Å²) in [5.74, 6) is 1.50. The van der Waals surface area contributed by atoms with E-state index < -0.39 is 0 Å². The van der Waals surface area contributed by atoms with Crippen LogP contribution in [0.5, 0.6) is 0 Å². The fourth-order valence-electron chi connectivity index (χ4n) is 3.22. The summed E-state index contributed by atoms with van der Waals surface area (Å²) in [4.78, 5) is 0. The highest BCUT2D eigenvalue weighted by Crippen LogP contribution is 2.63. The van der Waals surface area contributed by atoms with Gasteiger partial charge in [-0.3, -0.25) is 0 Å². The van der Waals surface area contributed by atoms with E-state index in [2.05, 4.69) is 30.3 Å². The topological polar surface area (TPSA) is 20.2 Å². The Morgan fingerprint density at radius 1 is 1.20 bits per heavy atom. The van der Waals surface area contributed by atoms with Crippen molar-refractivity contribution in [3.05, 3.63) is 35.9 Å². The Kier molecular flexibility index (Phi) is 2.10. The van der Waals surface area contributed by atoms with Crippen molar-refractivity contribution in [2.24, 2.45) is 11.3 Å².